The van der Waals surface area contributed by atoms with E-state index in [9.17, 15) is 0 Å². The zero-order valence-electron chi connectivity index (χ0n) is 17.5. The SMILES string of the molecule is CCCCCCCCN(CCCCCCCC)C[C@@H](N)CC(C)C. The highest BCUT2D eigenvalue weighted by molar-refractivity contribution is 4.70. The van der Waals surface area contributed by atoms with Crippen LogP contribution < -0.4 is 5.73 Å². The summed E-state index contributed by atoms with van der Waals surface area (Å²) in [6.07, 6.45) is 17.8. The third-order valence-electron chi connectivity index (χ3n) is 4.92. The van der Waals surface area contributed by atoms with Gasteiger partial charge in [0.1, 0.15) is 0 Å². The third-order valence-corrected chi connectivity index (χ3v) is 4.92. The molecule has 0 fully saturated rings. The molecular formula is C22H48N2. The third kappa shape index (κ3) is 16.8. The Kier molecular flexibility index (Phi) is 17.7. The van der Waals surface area contributed by atoms with Gasteiger partial charge in [0, 0.05) is 12.6 Å². The van der Waals surface area contributed by atoms with E-state index in [1.165, 1.54) is 90.1 Å². The number of hydrogen-bond acceptors (Lipinski definition) is 2. The van der Waals surface area contributed by atoms with Gasteiger partial charge in [-0.3, -0.25) is 0 Å². The van der Waals surface area contributed by atoms with Gasteiger partial charge in [0.15, 0.2) is 0 Å². The van der Waals surface area contributed by atoms with E-state index < -0.39 is 0 Å². The number of rotatable bonds is 18. The molecule has 0 aliphatic heterocycles. The molecule has 0 radical (unpaired) electrons. The predicted octanol–water partition coefficient (Wildman–Crippen LogP) is 6.38. The molecule has 146 valence electrons. The topological polar surface area (TPSA) is 29.3 Å². The van der Waals surface area contributed by atoms with E-state index in [4.69, 9.17) is 5.73 Å². The van der Waals surface area contributed by atoms with Crippen molar-refractivity contribution in [1.29, 1.82) is 0 Å². The van der Waals surface area contributed by atoms with Crippen molar-refractivity contribution in [1.82, 2.24) is 4.90 Å². The molecule has 2 heteroatoms. The summed E-state index contributed by atoms with van der Waals surface area (Å²) in [5.41, 5.74) is 6.37. The van der Waals surface area contributed by atoms with Gasteiger partial charge in [0.05, 0.1) is 0 Å². The van der Waals surface area contributed by atoms with Gasteiger partial charge in [-0.05, 0) is 38.3 Å². The van der Waals surface area contributed by atoms with Crippen molar-refractivity contribution in [2.75, 3.05) is 19.6 Å². The van der Waals surface area contributed by atoms with Gasteiger partial charge < -0.3 is 10.6 Å². The zero-order valence-corrected chi connectivity index (χ0v) is 17.5. The van der Waals surface area contributed by atoms with Crippen molar-refractivity contribution < 1.29 is 0 Å². The van der Waals surface area contributed by atoms with Gasteiger partial charge in [0.2, 0.25) is 0 Å². The van der Waals surface area contributed by atoms with Gasteiger partial charge in [-0.1, -0.05) is 91.9 Å². The molecule has 2 nitrogen and oxygen atoms in total. The average molecular weight is 341 g/mol. The average Bonchev–Trinajstić information content (AvgIpc) is 2.52. The van der Waals surface area contributed by atoms with Crippen LogP contribution >= 0.6 is 0 Å². The van der Waals surface area contributed by atoms with Gasteiger partial charge in [-0.25, -0.2) is 0 Å². The highest BCUT2D eigenvalue weighted by atomic mass is 15.1. The fraction of sp³-hybridized carbons (Fsp3) is 1.00. The summed E-state index contributed by atoms with van der Waals surface area (Å²) in [6.45, 7) is 12.8. The van der Waals surface area contributed by atoms with Gasteiger partial charge in [0.25, 0.3) is 0 Å². The van der Waals surface area contributed by atoms with Gasteiger partial charge in [-0.15, -0.1) is 0 Å². The molecule has 1 atom stereocenters. The van der Waals surface area contributed by atoms with E-state index in [1.54, 1.807) is 0 Å². The number of hydrogen-bond donors (Lipinski definition) is 1. The molecule has 0 bridgehead atoms. The van der Waals surface area contributed by atoms with Crippen molar-refractivity contribution in [2.45, 2.75) is 117 Å². The normalized spacial score (nSPS) is 13.1. The monoisotopic (exact) mass is 340 g/mol. The van der Waals surface area contributed by atoms with E-state index in [0.717, 1.165) is 13.0 Å². The largest absolute Gasteiger partial charge is 0.327 e. The van der Waals surface area contributed by atoms with Crippen molar-refractivity contribution in [3.05, 3.63) is 0 Å². The summed E-state index contributed by atoms with van der Waals surface area (Å²) in [7, 11) is 0. The molecule has 0 spiro atoms. The van der Waals surface area contributed by atoms with Crippen molar-refractivity contribution >= 4 is 0 Å². The Balaban J connectivity index is 3.95. The molecule has 0 rings (SSSR count). The first-order valence-electron chi connectivity index (χ1n) is 11.1. The molecule has 0 unspecified atom stereocenters. The standard InChI is InChI=1S/C22H48N2/c1-5-7-9-11-13-15-17-24(20-22(23)19-21(3)4)18-16-14-12-10-8-6-2/h21-22H,5-20,23H2,1-4H3/t22-/m0/s1. The minimum Gasteiger partial charge on any atom is -0.327 e. The summed E-state index contributed by atoms with van der Waals surface area (Å²) in [5, 5.41) is 0. The van der Waals surface area contributed by atoms with Gasteiger partial charge in [-0.2, -0.15) is 0 Å². The fourth-order valence-electron chi connectivity index (χ4n) is 3.54. The highest BCUT2D eigenvalue weighted by Gasteiger charge is 2.11. The smallest absolute Gasteiger partial charge is 0.0170 e. The van der Waals surface area contributed by atoms with Crippen LogP contribution in [0.3, 0.4) is 0 Å². The van der Waals surface area contributed by atoms with Crippen molar-refractivity contribution in [2.24, 2.45) is 11.7 Å². The van der Waals surface area contributed by atoms with E-state index in [1.807, 2.05) is 0 Å². The Labute approximate surface area is 154 Å². The fourth-order valence-corrected chi connectivity index (χ4v) is 3.54. The molecule has 0 heterocycles. The quantitative estimate of drug-likeness (QED) is 0.293. The molecule has 0 aromatic carbocycles. The van der Waals surface area contributed by atoms with E-state index in [2.05, 4.69) is 32.6 Å². The van der Waals surface area contributed by atoms with Crippen LogP contribution in [-0.2, 0) is 0 Å². The Morgan fingerprint density at radius 1 is 0.667 bits per heavy atom. The lowest BCUT2D eigenvalue weighted by atomic mass is 10.0. The molecule has 0 saturated heterocycles. The first kappa shape index (κ1) is 23.9. The summed E-state index contributed by atoms with van der Waals surface area (Å²) < 4.78 is 0. The molecule has 0 saturated carbocycles. The van der Waals surface area contributed by atoms with E-state index in [0.29, 0.717) is 12.0 Å². The molecule has 2 N–H and O–H groups in total. The number of unbranched alkanes of at least 4 members (excludes halogenated alkanes) is 10. The van der Waals surface area contributed by atoms with Crippen LogP contribution in [0.25, 0.3) is 0 Å². The Morgan fingerprint density at radius 3 is 1.50 bits per heavy atom. The predicted molar refractivity (Wildman–Crippen MR) is 111 cm³/mol. The number of nitrogens with two attached hydrogens (primary N) is 1. The second-order valence-electron chi connectivity index (χ2n) is 8.23. The maximum absolute atomic E-state index is 6.37. The minimum absolute atomic E-state index is 0.352. The Hall–Kier alpha value is -0.0800. The lowest BCUT2D eigenvalue weighted by Crippen LogP contribution is -2.39. The molecule has 0 aliphatic carbocycles. The summed E-state index contributed by atoms with van der Waals surface area (Å²) in [6, 6.07) is 0.352. The van der Waals surface area contributed by atoms with Crippen LogP contribution in [0.4, 0.5) is 0 Å². The van der Waals surface area contributed by atoms with Crippen LogP contribution in [0.5, 0.6) is 0 Å². The second kappa shape index (κ2) is 17.7. The molecule has 0 aromatic heterocycles. The molecule has 0 amide bonds. The maximum Gasteiger partial charge on any atom is 0.0170 e. The molecule has 24 heavy (non-hydrogen) atoms. The molecular weight excluding hydrogens is 292 g/mol. The molecule has 0 aromatic rings. The zero-order chi connectivity index (χ0) is 18.0. The molecule has 0 aliphatic rings. The van der Waals surface area contributed by atoms with E-state index >= 15 is 0 Å². The van der Waals surface area contributed by atoms with Crippen molar-refractivity contribution in [3.8, 4) is 0 Å². The highest BCUT2D eigenvalue weighted by Crippen LogP contribution is 2.11. The maximum atomic E-state index is 6.37. The Morgan fingerprint density at radius 2 is 1.08 bits per heavy atom. The first-order valence-corrected chi connectivity index (χ1v) is 11.1. The summed E-state index contributed by atoms with van der Waals surface area (Å²) in [5.74, 6) is 0.713. The lowest BCUT2D eigenvalue weighted by molar-refractivity contribution is 0.235. The van der Waals surface area contributed by atoms with E-state index in [-0.39, 0.29) is 0 Å². The summed E-state index contributed by atoms with van der Waals surface area (Å²) in [4.78, 5) is 2.66. The minimum atomic E-state index is 0.352. The summed E-state index contributed by atoms with van der Waals surface area (Å²) >= 11 is 0. The first-order chi connectivity index (χ1) is 11.6. The van der Waals surface area contributed by atoms with Crippen molar-refractivity contribution in [3.63, 3.8) is 0 Å². The van der Waals surface area contributed by atoms with Gasteiger partial charge >= 0.3 is 0 Å². The van der Waals surface area contributed by atoms with Crippen LogP contribution in [0.1, 0.15) is 111 Å². The number of nitrogens with zero attached hydrogens (tertiary/aromatic N) is 1. The Bertz CT molecular complexity index is 224. The lowest BCUT2D eigenvalue weighted by Gasteiger charge is -2.26. The van der Waals surface area contributed by atoms with Crippen LogP contribution in [0, 0.1) is 5.92 Å². The van der Waals surface area contributed by atoms with Crippen LogP contribution in [0.15, 0.2) is 0 Å². The van der Waals surface area contributed by atoms with Crippen LogP contribution in [0.2, 0.25) is 0 Å². The van der Waals surface area contributed by atoms with Crippen LogP contribution in [-0.4, -0.2) is 30.6 Å². The second-order valence-corrected chi connectivity index (χ2v) is 8.23.